The van der Waals surface area contributed by atoms with Crippen LogP contribution in [0.15, 0.2) is 29.2 Å². The Hall–Kier alpha value is -0.800. The van der Waals surface area contributed by atoms with Gasteiger partial charge < -0.3 is 4.74 Å². The topological polar surface area (TPSA) is 26.3 Å². The van der Waals surface area contributed by atoms with Crippen molar-refractivity contribution in [3.05, 3.63) is 29.8 Å². The Morgan fingerprint density at radius 2 is 1.84 bits per heavy atom. The molecule has 0 aromatic heterocycles. The maximum Gasteiger partial charge on any atom is 0.188 e. The average Bonchev–Trinajstić information content (AvgIpc) is 2.46. The summed E-state index contributed by atoms with van der Waals surface area (Å²) in [5.41, 5.74) is 0.752. The molecule has 1 aliphatic carbocycles. The van der Waals surface area contributed by atoms with Crippen molar-refractivity contribution in [2.75, 3.05) is 12.9 Å². The molecule has 104 valence electrons. The van der Waals surface area contributed by atoms with Gasteiger partial charge in [0.2, 0.25) is 0 Å². The van der Waals surface area contributed by atoms with Crippen LogP contribution in [0.5, 0.6) is 0 Å². The molecule has 0 unspecified atom stereocenters. The fraction of sp³-hybridized carbons (Fsp3) is 0.562. The van der Waals surface area contributed by atoms with Crippen molar-refractivity contribution in [3.8, 4) is 0 Å². The minimum atomic E-state index is 0.0891. The van der Waals surface area contributed by atoms with Crippen LogP contribution in [-0.2, 0) is 4.74 Å². The first kappa shape index (κ1) is 14.6. The summed E-state index contributed by atoms with van der Waals surface area (Å²) < 4.78 is 5.75. The average molecular weight is 278 g/mol. The summed E-state index contributed by atoms with van der Waals surface area (Å²) in [6.45, 7) is 2.51. The number of benzene rings is 1. The first-order valence-corrected chi connectivity index (χ1v) is 8.20. The lowest BCUT2D eigenvalue weighted by Crippen LogP contribution is -2.23. The van der Waals surface area contributed by atoms with Gasteiger partial charge in [-0.3, -0.25) is 4.79 Å². The predicted octanol–water partition coefficient (Wildman–Crippen LogP) is 4.19. The van der Waals surface area contributed by atoms with Gasteiger partial charge in [0.25, 0.3) is 0 Å². The largest absolute Gasteiger partial charge is 0.370 e. The highest BCUT2D eigenvalue weighted by molar-refractivity contribution is 7.98. The van der Waals surface area contributed by atoms with Gasteiger partial charge in [-0.2, -0.15) is 0 Å². The zero-order valence-electron chi connectivity index (χ0n) is 11.7. The van der Waals surface area contributed by atoms with E-state index in [1.807, 2.05) is 30.5 Å². The highest BCUT2D eigenvalue weighted by Crippen LogP contribution is 2.25. The molecule has 0 bridgehead atoms. The fourth-order valence-electron chi connectivity index (χ4n) is 2.45. The Morgan fingerprint density at radius 1 is 1.21 bits per heavy atom. The molecule has 0 amide bonds. The van der Waals surface area contributed by atoms with E-state index >= 15 is 0 Å². The van der Waals surface area contributed by atoms with E-state index in [-0.39, 0.29) is 18.5 Å². The second-order valence-electron chi connectivity index (χ2n) is 5.34. The summed E-state index contributed by atoms with van der Waals surface area (Å²) in [4.78, 5) is 13.2. The second kappa shape index (κ2) is 7.11. The van der Waals surface area contributed by atoms with E-state index in [4.69, 9.17) is 4.74 Å². The first-order chi connectivity index (χ1) is 9.19. The molecule has 0 radical (unpaired) electrons. The zero-order valence-corrected chi connectivity index (χ0v) is 12.5. The van der Waals surface area contributed by atoms with Crippen LogP contribution in [0.3, 0.4) is 0 Å². The van der Waals surface area contributed by atoms with E-state index in [0.29, 0.717) is 0 Å². The van der Waals surface area contributed by atoms with Crippen molar-refractivity contribution < 1.29 is 9.53 Å². The third-order valence-electron chi connectivity index (χ3n) is 3.83. The van der Waals surface area contributed by atoms with Crippen molar-refractivity contribution in [2.45, 2.75) is 43.6 Å². The minimum absolute atomic E-state index is 0.0891. The molecule has 1 aromatic rings. The van der Waals surface area contributed by atoms with Gasteiger partial charge in [-0.25, -0.2) is 0 Å². The van der Waals surface area contributed by atoms with Gasteiger partial charge in [0.05, 0.1) is 6.10 Å². The number of hydrogen-bond acceptors (Lipinski definition) is 3. The van der Waals surface area contributed by atoms with Gasteiger partial charge in [-0.15, -0.1) is 11.8 Å². The Labute approximate surface area is 119 Å². The van der Waals surface area contributed by atoms with Gasteiger partial charge >= 0.3 is 0 Å². The molecule has 1 saturated carbocycles. The van der Waals surface area contributed by atoms with Crippen molar-refractivity contribution in [2.24, 2.45) is 5.92 Å². The minimum Gasteiger partial charge on any atom is -0.370 e. The van der Waals surface area contributed by atoms with Crippen LogP contribution in [0.2, 0.25) is 0 Å². The van der Waals surface area contributed by atoms with Crippen LogP contribution in [0.4, 0.5) is 0 Å². The molecule has 1 aromatic carbocycles. The van der Waals surface area contributed by atoms with E-state index < -0.39 is 0 Å². The lowest BCUT2D eigenvalue weighted by molar-refractivity contribution is 0.0217. The van der Waals surface area contributed by atoms with Crippen molar-refractivity contribution in [1.82, 2.24) is 0 Å². The smallest absolute Gasteiger partial charge is 0.188 e. The summed E-state index contributed by atoms with van der Waals surface area (Å²) in [5, 5.41) is 0. The molecular weight excluding hydrogens is 256 g/mol. The number of carbonyl (C=O) groups is 1. The number of ketones is 1. The number of Topliss-reactive ketones (excluding diaryl/α,β-unsaturated/α-hetero) is 1. The van der Waals surface area contributed by atoms with Crippen LogP contribution in [0, 0.1) is 5.92 Å². The summed E-state index contributed by atoms with van der Waals surface area (Å²) in [6, 6.07) is 7.75. The van der Waals surface area contributed by atoms with Gasteiger partial charge in [0, 0.05) is 10.5 Å². The van der Waals surface area contributed by atoms with E-state index in [2.05, 4.69) is 6.92 Å². The monoisotopic (exact) mass is 278 g/mol. The summed E-state index contributed by atoms with van der Waals surface area (Å²) in [7, 11) is 0. The molecule has 2 rings (SSSR count). The molecule has 0 aliphatic heterocycles. The van der Waals surface area contributed by atoms with Crippen molar-refractivity contribution in [3.63, 3.8) is 0 Å². The molecule has 19 heavy (non-hydrogen) atoms. The standard InChI is InChI=1S/C16H22O2S/c1-12-3-7-14(8-4-12)18-11-16(17)13-5-9-15(19-2)10-6-13/h5-6,9-10,12,14H,3-4,7-8,11H2,1-2H3. The Balaban J connectivity index is 1.80. The van der Waals surface area contributed by atoms with E-state index in [1.165, 1.54) is 17.7 Å². The summed E-state index contributed by atoms with van der Waals surface area (Å²) in [5.74, 6) is 0.904. The lowest BCUT2D eigenvalue weighted by Gasteiger charge is -2.25. The van der Waals surface area contributed by atoms with Crippen LogP contribution in [0.25, 0.3) is 0 Å². The first-order valence-electron chi connectivity index (χ1n) is 6.98. The van der Waals surface area contributed by atoms with Crippen LogP contribution in [-0.4, -0.2) is 24.7 Å². The van der Waals surface area contributed by atoms with Gasteiger partial charge in [0.15, 0.2) is 5.78 Å². The highest BCUT2D eigenvalue weighted by Gasteiger charge is 2.19. The molecule has 0 spiro atoms. The maximum atomic E-state index is 12.0. The third-order valence-corrected chi connectivity index (χ3v) is 4.57. The normalized spacial score (nSPS) is 23.3. The van der Waals surface area contributed by atoms with E-state index in [9.17, 15) is 4.79 Å². The number of rotatable bonds is 5. The van der Waals surface area contributed by atoms with E-state index in [0.717, 1.165) is 24.3 Å². The Morgan fingerprint density at radius 3 is 2.42 bits per heavy atom. The molecule has 1 aliphatic rings. The quantitative estimate of drug-likeness (QED) is 0.597. The van der Waals surface area contributed by atoms with E-state index in [1.54, 1.807) is 11.8 Å². The molecular formula is C16H22O2S. The van der Waals surface area contributed by atoms with Crippen molar-refractivity contribution in [1.29, 1.82) is 0 Å². The van der Waals surface area contributed by atoms with Gasteiger partial charge in [0.1, 0.15) is 6.61 Å². The zero-order chi connectivity index (χ0) is 13.7. The predicted molar refractivity (Wildman–Crippen MR) is 79.9 cm³/mol. The third kappa shape index (κ3) is 4.36. The molecule has 0 atom stereocenters. The molecule has 0 N–H and O–H groups in total. The number of hydrogen-bond donors (Lipinski definition) is 0. The summed E-state index contributed by atoms with van der Waals surface area (Å²) in [6.07, 6.45) is 6.96. The van der Waals surface area contributed by atoms with Crippen LogP contribution in [0.1, 0.15) is 43.0 Å². The second-order valence-corrected chi connectivity index (χ2v) is 6.22. The van der Waals surface area contributed by atoms with Crippen LogP contribution < -0.4 is 0 Å². The Kier molecular flexibility index (Phi) is 5.46. The number of ether oxygens (including phenoxy) is 1. The molecule has 2 nitrogen and oxygen atoms in total. The summed E-state index contributed by atoms with van der Waals surface area (Å²) >= 11 is 1.68. The highest BCUT2D eigenvalue weighted by atomic mass is 32.2. The molecule has 0 saturated heterocycles. The van der Waals surface area contributed by atoms with Gasteiger partial charge in [-0.05, 0) is 50.0 Å². The fourth-order valence-corrected chi connectivity index (χ4v) is 2.86. The SMILES string of the molecule is CSc1ccc(C(=O)COC2CCC(C)CC2)cc1. The number of thioether (sulfide) groups is 1. The number of carbonyl (C=O) groups excluding carboxylic acids is 1. The molecule has 1 fully saturated rings. The maximum absolute atomic E-state index is 12.0. The lowest BCUT2D eigenvalue weighted by atomic mass is 9.89. The van der Waals surface area contributed by atoms with Crippen LogP contribution >= 0.6 is 11.8 Å². The van der Waals surface area contributed by atoms with Crippen molar-refractivity contribution >= 4 is 17.5 Å². The molecule has 3 heteroatoms. The Bertz CT molecular complexity index is 405. The van der Waals surface area contributed by atoms with Gasteiger partial charge in [-0.1, -0.05) is 19.1 Å². The molecule has 0 heterocycles.